The van der Waals surface area contributed by atoms with E-state index in [0.29, 0.717) is 0 Å². The van der Waals surface area contributed by atoms with Crippen LogP contribution in [-0.2, 0) is 0 Å². The molecule has 122 valence electrons. The lowest BCUT2D eigenvalue weighted by Crippen LogP contribution is -1.98. The van der Waals surface area contributed by atoms with E-state index in [2.05, 4.69) is 15.3 Å². The molecule has 0 spiro atoms. The van der Waals surface area contributed by atoms with Crippen molar-refractivity contribution in [3.05, 3.63) is 79.0 Å². The minimum atomic E-state index is -0.942. The molecular formula is C18H13N5O2. The van der Waals surface area contributed by atoms with Gasteiger partial charge in [-0.2, -0.15) is 5.10 Å². The summed E-state index contributed by atoms with van der Waals surface area (Å²) < 4.78 is 3.59. The maximum Gasteiger partial charge on any atom is 0.335 e. The first-order chi connectivity index (χ1) is 12.2. The maximum absolute atomic E-state index is 10.9. The number of rotatable bonds is 4. The Labute approximate surface area is 142 Å². The fourth-order valence-electron chi connectivity index (χ4n) is 2.54. The number of hydrogen-bond donors (Lipinski definition) is 1. The number of benzene rings is 2. The third-order valence-electron chi connectivity index (χ3n) is 3.83. The number of nitrogens with zero attached hydrogens (tertiary/aromatic N) is 5. The first-order valence-electron chi connectivity index (χ1n) is 7.55. The number of carbonyl (C=O) groups is 1. The smallest absolute Gasteiger partial charge is 0.335 e. The zero-order valence-corrected chi connectivity index (χ0v) is 13.0. The molecule has 1 N–H and O–H groups in total. The van der Waals surface area contributed by atoms with Gasteiger partial charge in [0.1, 0.15) is 12.7 Å². The lowest BCUT2D eigenvalue weighted by molar-refractivity contribution is 0.0697. The highest BCUT2D eigenvalue weighted by atomic mass is 16.4. The Hall–Kier alpha value is -3.74. The fourth-order valence-corrected chi connectivity index (χ4v) is 2.54. The van der Waals surface area contributed by atoms with Crippen molar-refractivity contribution in [2.75, 3.05) is 0 Å². The number of aromatic carboxylic acids is 1. The monoisotopic (exact) mass is 331 g/mol. The molecule has 0 aliphatic carbocycles. The summed E-state index contributed by atoms with van der Waals surface area (Å²) in [4.78, 5) is 10.9. The summed E-state index contributed by atoms with van der Waals surface area (Å²) in [6.07, 6.45) is 5.14. The molecule has 0 radical (unpaired) electrons. The van der Waals surface area contributed by atoms with E-state index in [4.69, 9.17) is 5.11 Å². The van der Waals surface area contributed by atoms with E-state index in [1.54, 1.807) is 41.6 Å². The lowest BCUT2D eigenvalue weighted by Gasteiger charge is -2.05. The quantitative estimate of drug-likeness (QED) is 0.621. The van der Waals surface area contributed by atoms with Crippen molar-refractivity contribution in [1.29, 1.82) is 0 Å². The SMILES string of the molecule is O=C(O)c1ccc(-c2ccn(-c3cccc(-n4cnnc4)c3)n2)cc1. The molecule has 7 nitrogen and oxygen atoms in total. The molecule has 0 saturated carbocycles. The van der Waals surface area contributed by atoms with E-state index in [9.17, 15) is 4.79 Å². The van der Waals surface area contributed by atoms with Crippen LogP contribution in [0.3, 0.4) is 0 Å². The van der Waals surface area contributed by atoms with Crippen LogP contribution in [0.1, 0.15) is 10.4 Å². The van der Waals surface area contributed by atoms with E-state index in [-0.39, 0.29) is 5.56 Å². The first-order valence-corrected chi connectivity index (χ1v) is 7.55. The molecule has 4 rings (SSSR count). The Morgan fingerprint density at radius 2 is 1.64 bits per heavy atom. The van der Waals surface area contributed by atoms with Gasteiger partial charge in [0.05, 0.1) is 22.6 Å². The average Bonchev–Trinajstić information content (AvgIpc) is 3.34. The topological polar surface area (TPSA) is 85.8 Å². The Kier molecular flexibility index (Phi) is 3.59. The van der Waals surface area contributed by atoms with Gasteiger partial charge in [-0.1, -0.05) is 18.2 Å². The van der Waals surface area contributed by atoms with Gasteiger partial charge in [0.25, 0.3) is 0 Å². The van der Waals surface area contributed by atoms with Crippen LogP contribution in [0, 0.1) is 0 Å². The second-order valence-electron chi connectivity index (χ2n) is 5.42. The third kappa shape index (κ3) is 2.90. The van der Waals surface area contributed by atoms with E-state index in [0.717, 1.165) is 22.6 Å². The first kappa shape index (κ1) is 14.8. The number of carboxylic acid groups (broad SMARTS) is 1. The van der Waals surface area contributed by atoms with Gasteiger partial charge >= 0.3 is 5.97 Å². The molecule has 2 aromatic carbocycles. The zero-order valence-electron chi connectivity index (χ0n) is 13.0. The summed E-state index contributed by atoms with van der Waals surface area (Å²) in [5.74, 6) is -0.942. The molecule has 0 bridgehead atoms. The Balaban J connectivity index is 1.65. The van der Waals surface area contributed by atoms with Crippen molar-refractivity contribution < 1.29 is 9.90 Å². The molecule has 25 heavy (non-hydrogen) atoms. The van der Waals surface area contributed by atoms with Crippen molar-refractivity contribution in [1.82, 2.24) is 24.5 Å². The highest BCUT2D eigenvalue weighted by Gasteiger charge is 2.07. The Morgan fingerprint density at radius 3 is 2.36 bits per heavy atom. The number of aromatic nitrogens is 5. The largest absolute Gasteiger partial charge is 0.478 e. The predicted molar refractivity (Wildman–Crippen MR) is 90.9 cm³/mol. The summed E-state index contributed by atoms with van der Waals surface area (Å²) in [5.41, 5.74) is 3.72. The molecule has 4 aromatic rings. The molecule has 2 aromatic heterocycles. The third-order valence-corrected chi connectivity index (χ3v) is 3.83. The van der Waals surface area contributed by atoms with Gasteiger partial charge in [0.2, 0.25) is 0 Å². The summed E-state index contributed by atoms with van der Waals surface area (Å²) >= 11 is 0. The minimum absolute atomic E-state index is 0.254. The van der Waals surface area contributed by atoms with Gasteiger partial charge in [-0.25, -0.2) is 9.48 Å². The van der Waals surface area contributed by atoms with Crippen molar-refractivity contribution in [2.45, 2.75) is 0 Å². The molecule has 2 heterocycles. The number of hydrogen-bond acceptors (Lipinski definition) is 4. The van der Waals surface area contributed by atoms with Crippen molar-refractivity contribution in [3.8, 4) is 22.6 Å². The van der Waals surface area contributed by atoms with Crippen LogP contribution in [0.4, 0.5) is 0 Å². The summed E-state index contributed by atoms with van der Waals surface area (Å²) in [6, 6.07) is 16.4. The molecule has 0 aliphatic heterocycles. The van der Waals surface area contributed by atoms with Crippen molar-refractivity contribution >= 4 is 5.97 Å². The summed E-state index contributed by atoms with van der Waals surface area (Å²) in [6.45, 7) is 0. The van der Waals surface area contributed by atoms with Crippen molar-refractivity contribution in [3.63, 3.8) is 0 Å². The second-order valence-corrected chi connectivity index (χ2v) is 5.42. The van der Waals surface area contributed by atoms with E-state index in [1.807, 2.05) is 41.1 Å². The highest BCUT2D eigenvalue weighted by Crippen LogP contribution is 2.20. The average molecular weight is 331 g/mol. The molecule has 0 amide bonds. The maximum atomic E-state index is 10.9. The van der Waals surface area contributed by atoms with Gasteiger partial charge < -0.3 is 5.11 Å². The van der Waals surface area contributed by atoms with Gasteiger partial charge in [-0.05, 0) is 36.4 Å². The fraction of sp³-hybridized carbons (Fsp3) is 0. The van der Waals surface area contributed by atoms with Crippen LogP contribution in [0.25, 0.3) is 22.6 Å². The Morgan fingerprint density at radius 1 is 0.920 bits per heavy atom. The molecule has 7 heteroatoms. The number of carboxylic acids is 1. The summed E-state index contributed by atoms with van der Waals surface area (Å²) in [7, 11) is 0. The van der Waals surface area contributed by atoms with Gasteiger partial charge in [0.15, 0.2) is 0 Å². The van der Waals surface area contributed by atoms with Gasteiger partial charge in [-0.3, -0.25) is 4.57 Å². The Bertz CT molecular complexity index is 1020. The van der Waals surface area contributed by atoms with Crippen LogP contribution in [0.5, 0.6) is 0 Å². The van der Waals surface area contributed by atoms with Crippen LogP contribution in [-0.4, -0.2) is 35.6 Å². The summed E-state index contributed by atoms with van der Waals surface area (Å²) in [5, 5.41) is 21.2. The molecule has 0 aliphatic rings. The van der Waals surface area contributed by atoms with Crippen LogP contribution in [0.2, 0.25) is 0 Å². The predicted octanol–water partition coefficient (Wildman–Crippen LogP) is 2.82. The molecule has 0 fully saturated rings. The van der Waals surface area contributed by atoms with Crippen molar-refractivity contribution in [2.24, 2.45) is 0 Å². The molecular weight excluding hydrogens is 318 g/mol. The van der Waals surface area contributed by atoms with E-state index in [1.165, 1.54) is 0 Å². The zero-order chi connectivity index (χ0) is 17.2. The van der Waals surface area contributed by atoms with Crippen LogP contribution < -0.4 is 0 Å². The standard InChI is InChI=1S/C18H13N5O2/c24-18(25)14-6-4-13(5-7-14)17-8-9-23(21-17)16-3-1-2-15(10-16)22-11-19-20-12-22/h1-12H,(H,24,25). The lowest BCUT2D eigenvalue weighted by atomic mass is 10.1. The molecule has 0 saturated heterocycles. The normalized spacial score (nSPS) is 10.7. The van der Waals surface area contributed by atoms with E-state index >= 15 is 0 Å². The molecule has 0 atom stereocenters. The second kappa shape index (κ2) is 6.04. The molecule has 0 unspecified atom stereocenters. The van der Waals surface area contributed by atoms with Gasteiger partial charge in [0, 0.05) is 11.8 Å². The van der Waals surface area contributed by atoms with Crippen LogP contribution in [0.15, 0.2) is 73.4 Å². The van der Waals surface area contributed by atoms with Crippen LogP contribution >= 0.6 is 0 Å². The minimum Gasteiger partial charge on any atom is -0.478 e. The highest BCUT2D eigenvalue weighted by molar-refractivity contribution is 5.88. The van der Waals surface area contributed by atoms with Gasteiger partial charge in [-0.15, -0.1) is 10.2 Å². The van der Waals surface area contributed by atoms with E-state index < -0.39 is 5.97 Å².